The van der Waals surface area contributed by atoms with Crippen LogP contribution in [0.1, 0.15) is 11.1 Å². The number of rotatable bonds is 6. The Hall–Kier alpha value is -3.02. The monoisotopic (exact) mass is 313 g/mol. The summed E-state index contributed by atoms with van der Waals surface area (Å²) in [5.41, 5.74) is 5.16. The number of carbonyl (C=O) groups excluding carboxylic acids is 1. The van der Waals surface area contributed by atoms with E-state index in [0.29, 0.717) is 11.3 Å². The quantitative estimate of drug-likeness (QED) is 0.564. The zero-order chi connectivity index (χ0) is 16.7. The van der Waals surface area contributed by atoms with Gasteiger partial charge in [0, 0.05) is 5.69 Å². The number of ether oxygens (including phenoxy) is 1. The number of hydrazone groups is 1. The van der Waals surface area contributed by atoms with Crippen LogP contribution >= 0.6 is 0 Å². The lowest BCUT2D eigenvalue weighted by Gasteiger charge is -2.05. The van der Waals surface area contributed by atoms with Gasteiger partial charge in [-0.15, -0.1) is 0 Å². The Kier molecular flexibility index (Phi) is 5.57. The first kappa shape index (κ1) is 16.4. The number of benzene rings is 2. The average Bonchev–Trinajstić information content (AvgIpc) is 2.56. The fourth-order valence-electron chi connectivity index (χ4n) is 1.85. The minimum atomic E-state index is -0.257. The van der Waals surface area contributed by atoms with E-state index in [1.54, 1.807) is 12.1 Å². The van der Waals surface area contributed by atoms with Crippen LogP contribution in [-0.4, -0.2) is 30.9 Å². The van der Waals surface area contributed by atoms with Crippen molar-refractivity contribution in [1.29, 1.82) is 0 Å². The number of hydrogen-bond donors (Lipinski definition) is 3. The SMILES string of the molecule is COc1cc(C=NNC(=O)CNc2ccc(C)cc2)ccc1O. The third kappa shape index (κ3) is 5.03. The van der Waals surface area contributed by atoms with Crippen LogP contribution in [0, 0.1) is 6.92 Å². The average molecular weight is 313 g/mol. The maximum Gasteiger partial charge on any atom is 0.259 e. The smallest absolute Gasteiger partial charge is 0.259 e. The second-order valence-corrected chi connectivity index (χ2v) is 4.94. The Morgan fingerprint density at radius 2 is 2.00 bits per heavy atom. The van der Waals surface area contributed by atoms with Gasteiger partial charge in [0.15, 0.2) is 11.5 Å². The molecule has 0 fully saturated rings. The van der Waals surface area contributed by atoms with E-state index in [2.05, 4.69) is 15.8 Å². The highest BCUT2D eigenvalue weighted by molar-refractivity contribution is 5.84. The Bertz CT molecular complexity index is 697. The van der Waals surface area contributed by atoms with Gasteiger partial charge in [0.05, 0.1) is 19.9 Å². The molecule has 0 radical (unpaired) electrons. The number of phenols is 1. The van der Waals surface area contributed by atoms with Crippen LogP contribution in [-0.2, 0) is 4.79 Å². The Morgan fingerprint density at radius 3 is 2.70 bits per heavy atom. The van der Waals surface area contributed by atoms with Gasteiger partial charge in [-0.2, -0.15) is 5.10 Å². The van der Waals surface area contributed by atoms with Crippen LogP contribution in [0.15, 0.2) is 47.6 Å². The molecule has 0 aromatic heterocycles. The fraction of sp³-hybridized carbons (Fsp3) is 0.176. The second-order valence-electron chi connectivity index (χ2n) is 4.94. The predicted molar refractivity (Wildman–Crippen MR) is 90.1 cm³/mol. The number of carbonyl (C=O) groups is 1. The van der Waals surface area contributed by atoms with Gasteiger partial charge < -0.3 is 15.2 Å². The predicted octanol–water partition coefficient (Wildman–Crippen LogP) is 2.27. The molecule has 0 saturated carbocycles. The summed E-state index contributed by atoms with van der Waals surface area (Å²) in [5, 5.41) is 16.4. The van der Waals surface area contributed by atoms with Gasteiger partial charge in [-0.1, -0.05) is 17.7 Å². The van der Waals surface area contributed by atoms with Gasteiger partial charge in [0.2, 0.25) is 0 Å². The van der Waals surface area contributed by atoms with Crippen LogP contribution in [0.3, 0.4) is 0 Å². The summed E-state index contributed by atoms with van der Waals surface area (Å²) < 4.78 is 5.00. The van der Waals surface area contributed by atoms with Crippen molar-refractivity contribution in [3.05, 3.63) is 53.6 Å². The molecular weight excluding hydrogens is 294 g/mol. The maximum atomic E-state index is 11.7. The molecule has 2 aromatic carbocycles. The van der Waals surface area contributed by atoms with Crippen molar-refractivity contribution in [2.24, 2.45) is 5.10 Å². The topological polar surface area (TPSA) is 83.0 Å². The van der Waals surface area contributed by atoms with E-state index in [4.69, 9.17) is 4.74 Å². The van der Waals surface area contributed by atoms with Crippen LogP contribution in [0.5, 0.6) is 11.5 Å². The highest BCUT2D eigenvalue weighted by Crippen LogP contribution is 2.25. The summed E-state index contributed by atoms with van der Waals surface area (Å²) in [5.74, 6) is 0.143. The minimum Gasteiger partial charge on any atom is -0.504 e. The lowest BCUT2D eigenvalue weighted by Crippen LogP contribution is -2.25. The van der Waals surface area contributed by atoms with Gasteiger partial charge in [-0.05, 0) is 42.8 Å². The number of amides is 1. The number of nitrogens with zero attached hydrogens (tertiary/aromatic N) is 1. The van der Waals surface area contributed by atoms with Crippen molar-refractivity contribution in [2.75, 3.05) is 19.0 Å². The van der Waals surface area contributed by atoms with Crippen molar-refractivity contribution in [1.82, 2.24) is 5.43 Å². The van der Waals surface area contributed by atoms with Crippen LogP contribution in [0.25, 0.3) is 0 Å². The largest absolute Gasteiger partial charge is 0.504 e. The van der Waals surface area contributed by atoms with Crippen molar-refractivity contribution in [3.8, 4) is 11.5 Å². The molecule has 120 valence electrons. The molecule has 0 spiro atoms. The summed E-state index contributed by atoms with van der Waals surface area (Å²) in [7, 11) is 1.47. The van der Waals surface area contributed by atoms with E-state index >= 15 is 0 Å². The molecule has 0 unspecified atom stereocenters. The van der Waals surface area contributed by atoms with Gasteiger partial charge in [-0.25, -0.2) is 5.43 Å². The van der Waals surface area contributed by atoms with Crippen LogP contribution in [0.2, 0.25) is 0 Å². The van der Waals surface area contributed by atoms with Gasteiger partial charge >= 0.3 is 0 Å². The molecular formula is C17H19N3O3. The molecule has 23 heavy (non-hydrogen) atoms. The summed E-state index contributed by atoms with van der Waals surface area (Å²) in [6, 6.07) is 12.5. The number of anilines is 1. The molecule has 0 saturated heterocycles. The second kappa shape index (κ2) is 7.84. The van der Waals surface area contributed by atoms with E-state index in [9.17, 15) is 9.90 Å². The Morgan fingerprint density at radius 1 is 1.26 bits per heavy atom. The van der Waals surface area contributed by atoms with E-state index in [-0.39, 0.29) is 18.2 Å². The Labute approximate surface area is 134 Å². The highest BCUT2D eigenvalue weighted by Gasteiger charge is 2.02. The van der Waals surface area contributed by atoms with Crippen LogP contribution in [0.4, 0.5) is 5.69 Å². The molecule has 1 amide bonds. The minimum absolute atomic E-state index is 0.0518. The number of aromatic hydroxyl groups is 1. The van der Waals surface area contributed by atoms with Crippen molar-refractivity contribution < 1.29 is 14.6 Å². The van der Waals surface area contributed by atoms with Gasteiger partial charge in [0.1, 0.15) is 0 Å². The standard InChI is InChI=1S/C17H19N3O3/c1-12-3-6-14(7-4-12)18-11-17(22)20-19-10-13-5-8-15(21)16(9-13)23-2/h3-10,18,21H,11H2,1-2H3,(H,20,22). The first-order chi connectivity index (χ1) is 11.1. The highest BCUT2D eigenvalue weighted by atomic mass is 16.5. The molecule has 3 N–H and O–H groups in total. The molecule has 0 aliphatic rings. The van der Waals surface area contributed by atoms with Gasteiger partial charge in [-0.3, -0.25) is 4.79 Å². The lowest BCUT2D eigenvalue weighted by atomic mass is 10.2. The molecule has 0 atom stereocenters. The third-order valence-electron chi connectivity index (χ3n) is 3.11. The van der Waals surface area contributed by atoms with E-state index in [1.807, 2.05) is 31.2 Å². The van der Waals surface area contributed by atoms with Crippen molar-refractivity contribution >= 4 is 17.8 Å². The number of phenolic OH excluding ortho intramolecular Hbond substituents is 1. The van der Waals surface area contributed by atoms with E-state index < -0.39 is 0 Å². The summed E-state index contributed by atoms with van der Waals surface area (Å²) in [4.78, 5) is 11.7. The molecule has 6 nitrogen and oxygen atoms in total. The van der Waals surface area contributed by atoms with Crippen LogP contribution < -0.4 is 15.5 Å². The number of nitrogens with one attached hydrogen (secondary N) is 2. The Balaban J connectivity index is 1.82. The van der Waals surface area contributed by atoms with Gasteiger partial charge in [0.25, 0.3) is 5.91 Å². The first-order valence-corrected chi connectivity index (χ1v) is 7.08. The number of methoxy groups -OCH3 is 1. The normalized spacial score (nSPS) is 10.5. The first-order valence-electron chi connectivity index (χ1n) is 7.08. The number of aryl methyl sites for hydroxylation is 1. The summed E-state index contributed by atoms with van der Waals surface area (Å²) >= 11 is 0. The zero-order valence-electron chi connectivity index (χ0n) is 13.0. The molecule has 0 aliphatic carbocycles. The molecule has 0 heterocycles. The molecule has 6 heteroatoms. The third-order valence-corrected chi connectivity index (χ3v) is 3.11. The summed E-state index contributed by atoms with van der Waals surface area (Å²) in [6.45, 7) is 2.13. The molecule has 2 aromatic rings. The molecule has 0 aliphatic heterocycles. The van der Waals surface area contributed by atoms with Crippen molar-refractivity contribution in [3.63, 3.8) is 0 Å². The lowest BCUT2D eigenvalue weighted by molar-refractivity contribution is -0.119. The zero-order valence-corrected chi connectivity index (χ0v) is 13.0. The fourth-order valence-corrected chi connectivity index (χ4v) is 1.85. The van der Waals surface area contributed by atoms with E-state index in [0.717, 1.165) is 11.3 Å². The molecule has 2 rings (SSSR count). The van der Waals surface area contributed by atoms with E-state index in [1.165, 1.54) is 19.4 Å². The number of hydrogen-bond acceptors (Lipinski definition) is 5. The molecule has 0 bridgehead atoms. The summed E-state index contributed by atoms with van der Waals surface area (Å²) in [6.07, 6.45) is 1.48. The van der Waals surface area contributed by atoms with Crippen molar-refractivity contribution in [2.45, 2.75) is 6.92 Å². The maximum absolute atomic E-state index is 11.7.